The van der Waals surface area contributed by atoms with Crippen LogP contribution in [0.3, 0.4) is 0 Å². The van der Waals surface area contributed by atoms with Crippen LogP contribution < -0.4 is 5.73 Å². The lowest BCUT2D eigenvalue weighted by molar-refractivity contribution is 0.257. The Kier molecular flexibility index (Phi) is 2.61. The third kappa shape index (κ3) is 2.16. The molecule has 0 spiro atoms. The number of hydrogen-bond donors (Lipinski definition) is 2. The van der Waals surface area contributed by atoms with Crippen LogP contribution in [0.2, 0.25) is 0 Å². The highest BCUT2D eigenvalue weighted by Gasteiger charge is 2.41. The fourth-order valence-electron chi connectivity index (χ4n) is 1.99. The van der Waals surface area contributed by atoms with E-state index in [1.54, 1.807) is 0 Å². The maximum atomic E-state index is 5.76. The van der Waals surface area contributed by atoms with Gasteiger partial charge in [0.2, 0.25) is 0 Å². The molecule has 0 radical (unpaired) electrons. The predicted octanol–water partition coefficient (Wildman–Crippen LogP) is 1.19. The van der Waals surface area contributed by atoms with Crippen molar-refractivity contribution in [1.29, 1.82) is 0 Å². The Morgan fingerprint density at radius 3 is 2.86 bits per heavy atom. The van der Waals surface area contributed by atoms with Crippen LogP contribution in [0.5, 0.6) is 0 Å². The van der Waals surface area contributed by atoms with Gasteiger partial charge in [0.05, 0.1) is 0 Å². The van der Waals surface area contributed by atoms with E-state index in [1.807, 2.05) is 12.3 Å². The van der Waals surface area contributed by atoms with E-state index in [4.69, 9.17) is 5.73 Å². The van der Waals surface area contributed by atoms with Crippen LogP contribution in [-0.2, 0) is 6.54 Å². The number of aromatic nitrogens is 1. The lowest BCUT2D eigenvalue weighted by atomic mass is 10.1. The molecule has 1 aromatic heterocycles. The molecule has 0 aliphatic heterocycles. The highest BCUT2D eigenvalue weighted by Crippen LogP contribution is 2.44. The van der Waals surface area contributed by atoms with Crippen LogP contribution in [0.25, 0.3) is 0 Å². The van der Waals surface area contributed by atoms with Gasteiger partial charge in [0.25, 0.3) is 0 Å². The van der Waals surface area contributed by atoms with Gasteiger partial charge in [0.1, 0.15) is 0 Å². The van der Waals surface area contributed by atoms with Crippen molar-refractivity contribution in [2.75, 3.05) is 20.1 Å². The van der Waals surface area contributed by atoms with Gasteiger partial charge < -0.3 is 15.6 Å². The van der Waals surface area contributed by atoms with Gasteiger partial charge in [-0.1, -0.05) is 0 Å². The van der Waals surface area contributed by atoms with Crippen molar-refractivity contribution in [3.63, 3.8) is 0 Å². The van der Waals surface area contributed by atoms with E-state index in [1.165, 1.54) is 18.5 Å². The molecule has 0 atom stereocenters. The first kappa shape index (κ1) is 9.74. The number of rotatable bonds is 5. The topological polar surface area (TPSA) is 45.0 Å². The van der Waals surface area contributed by atoms with Crippen molar-refractivity contribution in [1.82, 2.24) is 9.88 Å². The molecule has 0 saturated heterocycles. The molecule has 2 rings (SSSR count). The van der Waals surface area contributed by atoms with Gasteiger partial charge in [-0.15, -0.1) is 0 Å². The smallest absolute Gasteiger partial charge is 0.0382 e. The average Bonchev–Trinajstić information content (AvgIpc) is 2.74. The van der Waals surface area contributed by atoms with E-state index < -0.39 is 0 Å². The number of aromatic amines is 1. The van der Waals surface area contributed by atoms with Gasteiger partial charge in [0, 0.05) is 25.0 Å². The molecule has 3 nitrogen and oxygen atoms in total. The maximum absolute atomic E-state index is 5.76. The molecule has 3 N–H and O–H groups in total. The van der Waals surface area contributed by atoms with Crippen molar-refractivity contribution >= 4 is 0 Å². The van der Waals surface area contributed by atoms with Crippen LogP contribution in [0.4, 0.5) is 0 Å². The van der Waals surface area contributed by atoms with Gasteiger partial charge in [0.15, 0.2) is 0 Å². The first-order valence-electron chi connectivity index (χ1n) is 5.25. The molecule has 1 heterocycles. The molecule has 0 bridgehead atoms. The summed E-state index contributed by atoms with van der Waals surface area (Å²) in [5, 5.41) is 0. The Labute approximate surface area is 85.3 Å². The Bertz CT molecular complexity index is 275. The molecule has 14 heavy (non-hydrogen) atoms. The number of nitrogens with zero attached hydrogens (tertiary/aromatic N) is 1. The third-order valence-corrected chi connectivity index (χ3v) is 3.10. The normalized spacial score (nSPS) is 18.8. The monoisotopic (exact) mass is 193 g/mol. The first-order valence-corrected chi connectivity index (χ1v) is 5.25. The summed E-state index contributed by atoms with van der Waals surface area (Å²) in [5.41, 5.74) is 7.48. The molecule has 0 unspecified atom stereocenters. The standard InChI is InChI=1S/C11H19N3/c1-14(7-10-3-2-6-13-10)9-11(8-12)4-5-11/h2-3,6,13H,4-5,7-9,12H2,1H3. The van der Waals surface area contributed by atoms with Crippen LogP contribution in [0, 0.1) is 5.41 Å². The van der Waals surface area contributed by atoms with E-state index in [0.29, 0.717) is 5.41 Å². The Hall–Kier alpha value is -0.800. The summed E-state index contributed by atoms with van der Waals surface area (Å²) in [4.78, 5) is 5.57. The van der Waals surface area contributed by atoms with Gasteiger partial charge in [-0.3, -0.25) is 0 Å². The predicted molar refractivity (Wildman–Crippen MR) is 57.8 cm³/mol. The second kappa shape index (κ2) is 3.75. The molecule has 1 aliphatic carbocycles. The quantitative estimate of drug-likeness (QED) is 0.737. The van der Waals surface area contributed by atoms with E-state index in [-0.39, 0.29) is 0 Å². The van der Waals surface area contributed by atoms with Crippen LogP contribution in [0.15, 0.2) is 18.3 Å². The summed E-state index contributed by atoms with van der Waals surface area (Å²) in [6.07, 6.45) is 4.58. The van der Waals surface area contributed by atoms with Gasteiger partial charge in [-0.2, -0.15) is 0 Å². The highest BCUT2D eigenvalue weighted by atomic mass is 15.1. The molecule has 0 aromatic carbocycles. The number of nitrogens with two attached hydrogens (primary N) is 1. The number of H-pyrrole nitrogens is 1. The molecular formula is C11H19N3. The summed E-state index contributed by atoms with van der Waals surface area (Å²) in [6.45, 7) is 2.96. The van der Waals surface area contributed by atoms with Crippen molar-refractivity contribution in [2.24, 2.45) is 11.1 Å². The number of hydrogen-bond acceptors (Lipinski definition) is 2. The fraction of sp³-hybridized carbons (Fsp3) is 0.636. The van der Waals surface area contributed by atoms with Crippen molar-refractivity contribution in [3.8, 4) is 0 Å². The highest BCUT2D eigenvalue weighted by molar-refractivity contribution is 5.04. The summed E-state index contributed by atoms with van der Waals surface area (Å²) in [7, 11) is 2.16. The Balaban J connectivity index is 1.82. The van der Waals surface area contributed by atoms with Gasteiger partial charge in [-0.25, -0.2) is 0 Å². The number of nitrogens with one attached hydrogen (secondary N) is 1. The lowest BCUT2D eigenvalue weighted by Gasteiger charge is -2.21. The second-order valence-electron chi connectivity index (χ2n) is 4.57. The van der Waals surface area contributed by atoms with Crippen molar-refractivity contribution in [2.45, 2.75) is 19.4 Å². The zero-order chi connectivity index (χ0) is 10.0. The zero-order valence-electron chi connectivity index (χ0n) is 8.79. The molecule has 1 aromatic rings. The first-order chi connectivity index (χ1) is 6.74. The Morgan fingerprint density at radius 1 is 1.57 bits per heavy atom. The second-order valence-corrected chi connectivity index (χ2v) is 4.57. The van der Waals surface area contributed by atoms with Crippen molar-refractivity contribution < 1.29 is 0 Å². The molecular weight excluding hydrogens is 174 g/mol. The van der Waals surface area contributed by atoms with Crippen molar-refractivity contribution in [3.05, 3.63) is 24.0 Å². The Morgan fingerprint density at radius 2 is 2.36 bits per heavy atom. The fourth-order valence-corrected chi connectivity index (χ4v) is 1.99. The molecule has 1 fully saturated rings. The average molecular weight is 193 g/mol. The molecule has 1 aliphatic rings. The van der Waals surface area contributed by atoms with Crippen LogP contribution in [0.1, 0.15) is 18.5 Å². The summed E-state index contributed by atoms with van der Waals surface area (Å²) >= 11 is 0. The van der Waals surface area contributed by atoms with E-state index in [0.717, 1.165) is 19.6 Å². The summed E-state index contributed by atoms with van der Waals surface area (Å²) in [5.74, 6) is 0. The van der Waals surface area contributed by atoms with Gasteiger partial charge in [-0.05, 0) is 44.0 Å². The van der Waals surface area contributed by atoms with Gasteiger partial charge >= 0.3 is 0 Å². The summed E-state index contributed by atoms with van der Waals surface area (Å²) in [6, 6.07) is 4.16. The molecule has 78 valence electrons. The third-order valence-electron chi connectivity index (χ3n) is 3.10. The maximum Gasteiger partial charge on any atom is 0.0382 e. The SMILES string of the molecule is CN(Cc1ccc[nH]1)CC1(CN)CC1. The lowest BCUT2D eigenvalue weighted by Crippen LogP contribution is -2.31. The van der Waals surface area contributed by atoms with Crippen LogP contribution >= 0.6 is 0 Å². The molecule has 3 heteroatoms. The minimum atomic E-state index is 0.446. The molecule has 0 amide bonds. The van der Waals surface area contributed by atoms with E-state index >= 15 is 0 Å². The van der Waals surface area contributed by atoms with E-state index in [2.05, 4.69) is 23.0 Å². The minimum absolute atomic E-state index is 0.446. The summed E-state index contributed by atoms with van der Waals surface area (Å²) < 4.78 is 0. The minimum Gasteiger partial charge on any atom is -0.364 e. The molecule has 1 saturated carbocycles. The largest absolute Gasteiger partial charge is 0.364 e. The van der Waals surface area contributed by atoms with E-state index in [9.17, 15) is 0 Å². The van der Waals surface area contributed by atoms with Crippen LogP contribution in [-0.4, -0.2) is 30.0 Å². The zero-order valence-corrected chi connectivity index (χ0v) is 8.79.